The Balaban J connectivity index is 1.46. The molecule has 0 radical (unpaired) electrons. The number of amides is 1. The number of aromatic nitrogens is 5. The fourth-order valence-electron chi connectivity index (χ4n) is 4.68. The van der Waals surface area contributed by atoms with Gasteiger partial charge in [0.15, 0.2) is 5.82 Å². The topological polar surface area (TPSA) is 89.6 Å². The van der Waals surface area contributed by atoms with Crippen molar-refractivity contribution in [1.29, 1.82) is 0 Å². The van der Waals surface area contributed by atoms with Gasteiger partial charge in [0, 0.05) is 17.5 Å². The van der Waals surface area contributed by atoms with Crippen molar-refractivity contribution in [3.63, 3.8) is 0 Å². The molecule has 2 atom stereocenters. The summed E-state index contributed by atoms with van der Waals surface area (Å²) in [5.41, 5.74) is 2.20. The van der Waals surface area contributed by atoms with E-state index in [1.807, 2.05) is 0 Å². The van der Waals surface area contributed by atoms with Crippen LogP contribution >= 0.6 is 0 Å². The van der Waals surface area contributed by atoms with Gasteiger partial charge in [-0.3, -0.25) is 4.79 Å². The van der Waals surface area contributed by atoms with E-state index >= 15 is 4.39 Å². The SMILES string of the molecule is [2H]C([2H])([2H])C(=O)N1CC[C@H](Nc2nc(OC)c3c(-c4ccc5nc(C)n(CCF)c5c4)c(F)cn3n2)[C@H](F)C1. The van der Waals surface area contributed by atoms with E-state index in [1.165, 1.54) is 11.6 Å². The van der Waals surface area contributed by atoms with Gasteiger partial charge in [-0.05, 0) is 31.0 Å². The molecule has 1 N–H and O–H groups in total. The summed E-state index contributed by atoms with van der Waals surface area (Å²) in [5, 5.41) is 7.16. The average Bonchev–Trinajstić information content (AvgIpc) is 3.38. The van der Waals surface area contributed by atoms with Gasteiger partial charge in [0.05, 0.1) is 49.0 Å². The van der Waals surface area contributed by atoms with Crippen molar-refractivity contribution in [1.82, 2.24) is 29.0 Å². The molecule has 1 saturated heterocycles. The highest BCUT2D eigenvalue weighted by atomic mass is 19.1. The van der Waals surface area contributed by atoms with E-state index in [2.05, 4.69) is 20.4 Å². The van der Waals surface area contributed by atoms with Gasteiger partial charge >= 0.3 is 0 Å². The van der Waals surface area contributed by atoms with Crippen LogP contribution in [-0.2, 0) is 11.3 Å². The van der Waals surface area contributed by atoms with Crippen molar-refractivity contribution in [3.8, 4) is 17.0 Å². The lowest BCUT2D eigenvalue weighted by molar-refractivity contribution is -0.131. The summed E-state index contributed by atoms with van der Waals surface area (Å²) in [6, 6.07) is 4.33. The number of halogens is 3. The third-order valence-electron chi connectivity index (χ3n) is 6.43. The van der Waals surface area contributed by atoms with E-state index < -0.39 is 44.0 Å². The largest absolute Gasteiger partial charge is 0.479 e. The number of hydrogen-bond acceptors (Lipinski definition) is 6. The van der Waals surface area contributed by atoms with E-state index in [-0.39, 0.29) is 42.4 Å². The van der Waals surface area contributed by atoms with Crippen LogP contribution in [0.3, 0.4) is 0 Å². The molecule has 5 rings (SSSR count). The van der Waals surface area contributed by atoms with Crippen LogP contribution in [0.15, 0.2) is 24.4 Å². The number of ether oxygens (including phenoxy) is 1. The number of nitrogens with zero attached hydrogens (tertiary/aromatic N) is 6. The summed E-state index contributed by atoms with van der Waals surface area (Å²) in [4.78, 5) is 21.7. The molecule has 1 fully saturated rings. The predicted octanol–water partition coefficient (Wildman–Crippen LogP) is 3.54. The van der Waals surface area contributed by atoms with Gasteiger partial charge < -0.3 is 19.5 Å². The summed E-state index contributed by atoms with van der Waals surface area (Å²) >= 11 is 0. The molecule has 12 heteroatoms. The van der Waals surface area contributed by atoms with E-state index in [9.17, 15) is 13.6 Å². The highest BCUT2D eigenvalue weighted by Crippen LogP contribution is 2.36. The number of nitrogens with one attached hydrogen (secondary N) is 1. The Morgan fingerprint density at radius 2 is 2.19 bits per heavy atom. The number of fused-ring (bicyclic) bond motifs is 2. The fraction of sp³-hybridized carbons (Fsp3) is 0.417. The maximum Gasteiger partial charge on any atom is 0.244 e. The van der Waals surface area contributed by atoms with Crippen molar-refractivity contribution in [2.24, 2.45) is 0 Å². The second-order valence-electron chi connectivity index (χ2n) is 8.60. The third-order valence-corrected chi connectivity index (χ3v) is 6.43. The lowest BCUT2D eigenvalue weighted by atomic mass is 10.0. The van der Waals surface area contributed by atoms with Crippen LogP contribution in [0, 0.1) is 12.7 Å². The second-order valence-corrected chi connectivity index (χ2v) is 8.60. The van der Waals surface area contributed by atoms with Crippen molar-refractivity contribution < 1.29 is 26.8 Å². The number of hydrogen-bond donors (Lipinski definition) is 1. The van der Waals surface area contributed by atoms with Gasteiger partial charge in [-0.1, -0.05) is 6.07 Å². The molecule has 1 aliphatic rings. The number of methoxy groups -OCH3 is 1. The molecule has 4 heterocycles. The minimum Gasteiger partial charge on any atom is -0.479 e. The molecule has 1 aromatic carbocycles. The number of carbonyl (C=O) groups is 1. The lowest BCUT2D eigenvalue weighted by Gasteiger charge is -2.34. The first-order chi connectivity index (χ1) is 18.5. The van der Waals surface area contributed by atoms with Crippen LogP contribution in [0.1, 0.15) is 23.2 Å². The number of aryl methyl sites for hydroxylation is 2. The number of rotatable bonds is 6. The molecular formula is C24H26F3N7O2. The van der Waals surface area contributed by atoms with Gasteiger partial charge in [-0.2, -0.15) is 4.98 Å². The molecule has 1 amide bonds. The van der Waals surface area contributed by atoms with Crippen LogP contribution in [0.4, 0.5) is 19.1 Å². The minimum atomic E-state index is -2.84. The second kappa shape index (κ2) is 9.32. The summed E-state index contributed by atoms with van der Waals surface area (Å²) in [5.74, 6) is -1.06. The standard InChI is InChI=1S/C24H26F3N7O2/c1-13-28-19-5-4-15(10-20(19)33(13)9-7-25)21-17(27)12-34-22(21)23(36-3)30-24(31-34)29-18-6-8-32(14(2)35)11-16(18)26/h4-5,10,12,16,18H,6-9,11H2,1-3H3,(H,29,31)/t16-,18+/m1/s1/i2D3. The molecule has 0 aliphatic carbocycles. The van der Waals surface area contributed by atoms with Crippen LogP contribution in [0.2, 0.25) is 0 Å². The van der Waals surface area contributed by atoms with E-state index in [1.54, 1.807) is 29.7 Å². The first kappa shape index (κ1) is 20.4. The maximum absolute atomic E-state index is 15.3. The van der Waals surface area contributed by atoms with E-state index in [4.69, 9.17) is 8.85 Å². The Bertz CT molecular complexity index is 1560. The zero-order valence-corrected chi connectivity index (χ0v) is 19.6. The number of likely N-dealkylation sites (tertiary alicyclic amines) is 1. The molecule has 190 valence electrons. The van der Waals surface area contributed by atoms with Crippen LogP contribution in [0.25, 0.3) is 27.7 Å². The summed E-state index contributed by atoms with van der Waals surface area (Å²) in [6.45, 7) is -1.88. The Kier molecular flexibility index (Phi) is 5.27. The molecule has 4 aromatic rings. The van der Waals surface area contributed by atoms with Crippen LogP contribution in [0.5, 0.6) is 5.88 Å². The zero-order valence-electron chi connectivity index (χ0n) is 22.6. The van der Waals surface area contributed by atoms with Gasteiger partial charge in [0.25, 0.3) is 0 Å². The van der Waals surface area contributed by atoms with Gasteiger partial charge in [-0.25, -0.2) is 22.7 Å². The minimum absolute atomic E-state index is 0.0313. The average molecular weight is 505 g/mol. The molecule has 9 nitrogen and oxygen atoms in total. The summed E-state index contributed by atoms with van der Waals surface area (Å²) < 4.78 is 73.6. The first-order valence-corrected chi connectivity index (χ1v) is 11.4. The fourth-order valence-corrected chi connectivity index (χ4v) is 4.68. The zero-order chi connectivity index (χ0) is 28.1. The van der Waals surface area contributed by atoms with E-state index in [0.29, 0.717) is 22.4 Å². The molecule has 0 bridgehead atoms. The molecule has 0 saturated carbocycles. The monoisotopic (exact) mass is 504 g/mol. The normalized spacial score (nSPS) is 19.8. The molecule has 1 aliphatic heterocycles. The van der Waals surface area contributed by atoms with Crippen LogP contribution in [-0.4, -0.2) is 74.0 Å². The molecule has 0 spiro atoms. The van der Waals surface area contributed by atoms with Crippen molar-refractivity contribution in [2.75, 3.05) is 32.2 Å². The highest BCUT2D eigenvalue weighted by molar-refractivity contribution is 5.90. The Morgan fingerprint density at radius 1 is 1.36 bits per heavy atom. The molecule has 3 aromatic heterocycles. The van der Waals surface area contributed by atoms with Crippen molar-refractivity contribution in [3.05, 3.63) is 36.0 Å². The lowest BCUT2D eigenvalue weighted by Crippen LogP contribution is -2.49. The number of piperidine rings is 1. The highest BCUT2D eigenvalue weighted by Gasteiger charge is 2.31. The van der Waals surface area contributed by atoms with Gasteiger partial charge in [0.1, 0.15) is 24.2 Å². The smallest absolute Gasteiger partial charge is 0.244 e. The third kappa shape index (κ3) is 4.10. The van der Waals surface area contributed by atoms with Crippen molar-refractivity contribution in [2.45, 2.75) is 39.0 Å². The summed E-state index contributed by atoms with van der Waals surface area (Å²) in [7, 11) is 1.36. The Morgan fingerprint density at radius 3 is 2.92 bits per heavy atom. The van der Waals surface area contributed by atoms with Gasteiger partial charge in [-0.15, -0.1) is 5.10 Å². The van der Waals surface area contributed by atoms with Crippen molar-refractivity contribution >= 4 is 28.4 Å². The summed E-state index contributed by atoms with van der Waals surface area (Å²) in [6.07, 6.45) is -0.320. The number of anilines is 1. The number of alkyl halides is 2. The first-order valence-electron chi connectivity index (χ1n) is 12.9. The Labute approximate surface area is 209 Å². The molecule has 36 heavy (non-hydrogen) atoms. The predicted molar refractivity (Wildman–Crippen MR) is 128 cm³/mol. The van der Waals surface area contributed by atoms with Crippen LogP contribution < -0.4 is 10.1 Å². The molecular weight excluding hydrogens is 475 g/mol. The number of carbonyl (C=O) groups excluding carboxylic acids is 1. The van der Waals surface area contributed by atoms with E-state index in [0.717, 1.165) is 11.1 Å². The van der Waals surface area contributed by atoms with Gasteiger partial charge in [0.2, 0.25) is 17.7 Å². The quantitative estimate of drug-likeness (QED) is 0.432. The Hall–Kier alpha value is -3.83. The number of imidazole rings is 1. The number of benzene rings is 1. The maximum atomic E-state index is 15.3. The molecule has 0 unspecified atom stereocenters.